The first-order chi connectivity index (χ1) is 9.99. The highest BCUT2D eigenvalue weighted by Gasteiger charge is 2.33. The fraction of sp³-hybridized carbons (Fsp3) is 0.188. The van der Waals surface area contributed by atoms with E-state index in [-0.39, 0.29) is 0 Å². The van der Waals surface area contributed by atoms with Crippen LogP contribution in [0.15, 0.2) is 36.4 Å². The zero-order chi connectivity index (χ0) is 15.0. The van der Waals surface area contributed by atoms with Crippen molar-refractivity contribution >= 4 is 0 Å². The molecule has 109 valence electrons. The Bertz CT molecular complexity index is 660. The van der Waals surface area contributed by atoms with E-state index in [1.54, 1.807) is 24.3 Å². The second-order valence-corrected chi connectivity index (χ2v) is 4.73. The molecule has 1 radical (unpaired) electrons. The van der Waals surface area contributed by atoms with Gasteiger partial charge >= 0.3 is 6.18 Å². The monoisotopic (exact) mass is 293 g/mol. The minimum atomic E-state index is -4.38. The number of fused-ring (bicyclic) bond motifs is 1. The summed E-state index contributed by atoms with van der Waals surface area (Å²) in [4.78, 5) is 0. The van der Waals surface area contributed by atoms with Gasteiger partial charge in [0.1, 0.15) is 18.1 Å². The van der Waals surface area contributed by atoms with E-state index in [1.165, 1.54) is 13.7 Å². The molecule has 21 heavy (non-hydrogen) atoms. The summed E-state index contributed by atoms with van der Waals surface area (Å²) in [6, 6.07) is 9.12. The molecule has 2 aromatic rings. The Hall–Kier alpha value is -2.17. The third-order valence-corrected chi connectivity index (χ3v) is 3.40. The number of benzene rings is 2. The molecule has 1 aliphatic heterocycles. The highest BCUT2D eigenvalue weighted by molar-refractivity contribution is 5.74. The largest absolute Gasteiger partial charge is 0.497 e. The molecule has 0 aromatic heterocycles. The summed E-state index contributed by atoms with van der Waals surface area (Å²) in [5.74, 6) is 1.14. The van der Waals surface area contributed by atoms with Crippen LogP contribution in [-0.2, 0) is 12.6 Å². The standard InChI is InChI=1S/C16H12F3O2/c1-20-13-4-2-10(3-5-13)14-9-12(16(17,18)19)8-11-6-7-21-15(11)14/h2-5,7-9H,6H2,1H3. The molecule has 0 saturated carbocycles. The molecule has 0 saturated heterocycles. The van der Waals surface area contributed by atoms with Gasteiger partial charge in [0.2, 0.25) is 0 Å². The van der Waals surface area contributed by atoms with E-state index in [1.807, 2.05) is 0 Å². The number of halogens is 3. The average Bonchev–Trinajstić information content (AvgIpc) is 2.94. The van der Waals surface area contributed by atoms with E-state index in [2.05, 4.69) is 0 Å². The fourth-order valence-electron chi connectivity index (χ4n) is 2.34. The number of rotatable bonds is 2. The van der Waals surface area contributed by atoms with Crippen LogP contribution >= 0.6 is 0 Å². The molecular formula is C16H12F3O2. The average molecular weight is 293 g/mol. The molecule has 1 heterocycles. The zero-order valence-corrected chi connectivity index (χ0v) is 11.2. The van der Waals surface area contributed by atoms with Crippen molar-refractivity contribution < 1.29 is 22.6 Å². The van der Waals surface area contributed by atoms with E-state index in [0.717, 1.165) is 12.1 Å². The van der Waals surface area contributed by atoms with Gasteiger partial charge in [-0.25, -0.2) is 0 Å². The van der Waals surface area contributed by atoms with Crippen molar-refractivity contribution in [3.05, 3.63) is 54.1 Å². The summed E-state index contributed by atoms with van der Waals surface area (Å²) in [5, 5.41) is 0. The lowest BCUT2D eigenvalue weighted by molar-refractivity contribution is -0.137. The van der Waals surface area contributed by atoms with Crippen LogP contribution in [0.25, 0.3) is 11.1 Å². The lowest BCUT2D eigenvalue weighted by atomic mass is 9.97. The summed E-state index contributed by atoms with van der Waals surface area (Å²) in [6.45, 7) is 1.51. The van der Waals surface area contributed by atoms with Gasteiger partial charge in [0.05, 0.1) is 12.7 Å². The Kier molecular flexibility index (Phi) is 3.27. The second-order valence-electron chi connectivity index (χ2n) is 4.73. The van der Waals surface area contributed by atoms with Gasteiger partial charge in [0.15, 0.2) is 0 Å². The number of hydrogen-bond donors (Lipinski definition) is 0. The Balaban J connectivity index is 2.14. The molecule has 0 amide bonds. The topological polar surface area (TPSA) is 18.5 Å². The van der Waals surface area contributed by atoms with E-state index in [4.69, 9.17) is 9.47 Å². The minimum absolute atomic E-state index is 0.377. The normalized spacial score (nSPS) is 13.7. The molecule has 0 unspecified atom stereocenters. The first-order valence-corrected chi connectivity index (χ1v) is 6.36. The quantitative estimate of drug-likeness (QED) is 0.813. The molecule has 0 N–H and O–H groups in total. The van der Waals surface area contributed by atoms with Crippen LogP contribution in [0.1, 0.15) is 11.1 Å². The molecule has 0 fully saturated rings. The van der Waals surface area contributed by atoms with E-state index in [9.17, 15) is 13.2 Å². The highest BCUT2D eigenvalue weighted by atomic mass is 19.4. The van der Waals surface area contributed by atoms with Crippen molar-refractivity contribution in [2.75, 3.05) is 7.11 Å². The zero-order valence-electron chi connectivity index (χ0n) is 11.2. The van der Waals surface area contributed by atoms with Crippen LogP contribution in [0, 0.1) is 6.61 Å². The lowest BCUT2D eigenvalue weighted by Crippen LogP contribution is -2.05. The fourth-order valence-corrected chi connectivity index (χ4v) is 2.34. The Morgan fingerprint density at radius 1 is 1.10 bits per heavy atom. The van der Waals surface area contributed by atoms with Crippen molar-refractivity contribution in [1.82, 2.24) is 0 Å². The number of alkyl halides is 3. The number of ether oxygens (including phenoxy) is 2. The van der Waals surface area contributed by atoms with Crippen molar-refractivity contribution in [2.24, 2.45) is 0 Å². The van der Waals surface area contributed by atoms with Crippen molar-refractivity contribution in [1.29, 1.82) is 0 Å². The Labute approximate surface area is 120 Å². The predicted molar refractivity (Wildman–Crippen MR) is 72.1 cm³/mol. The molecule has 2 aromatic carbocycles. The molecule has 0 spiro atoms. The molecule has 1 aliphatic rings. The summed E-state index contributed by atoms with van der Waals surface area (Å²) >= 11 is 0. The maximum atomic E-state index is 13.0. The third-order valence-electron chi connectivity index (χ3n) is 3.40. The van der Waals surface area contributed by atoms with Crippen LogP contribution in [0.5, 0.6) is 11.5 Å². The summed E-state index contributed by atoms with van der Waals surface area (Å²) in [5.41, 5.74) is 0.992. The molecule has 5 heteroatoms. The van der Waals surface area contributed by atoms with Crippen LogP contribution in [0.4, 0.5) is 13.2 Å². The van der Waals surface area contributed by atoms with Gasteiger partial charge in [-0.1, -0.05) is 12.1 Å². The molecule has 0 aliphatic carbocycles. The summed E-state index contributed by atoms with van der Waals surface area (Å²) in [6.07, 6.45) is -4.00. The van der Waals surface area contributed by atoms with E-state index < -0.39 is 11.7 Å². The van der Waals surface area contributed by atoms with Gasteiger partial charge in [-0.2, -0.15) is 13.2 Å². The molecule has 2 nitrogen and oxygen atoms in total. The second kappa shape index (κ2) is 4.98. The maximum absolute atomic E-state index is 13.0. The smallest absolute Gasteiger partial charge is 0.416 e. The Morgan fingerprint density at radius 3 is 2.43 bits per heavy atom. The SMILES string of the molecule is COc1ccc(-c2cc(C(F)(F)F)cc3c2O[CH]C3)cc1. The van der Waals surface area contributed by atoms with Gasteiger partial charge in [-0.15, -0.1) is 0 Å². The van der Waals surface area contributed by atoms with Gasteiger partial charge in [0.25, 0.3) is 0 Å². The Morgan fingerprint density at radius 2 is 1.81 bits per heavy atom. The van der Waals surface area contributed by atoms with Gasteiger partial charge < -0.3 is 9.47 Å². The number of methoxy groups -OCH3 is 1. The van der Waals surface area contributed by atoms with Gasteiger partial charge in [-0.3, -0.25) is 0 Å². The first kappa shape index (κ1) is 13.8. The van der Waals surface area contributed by atoms with Crippen LogP contribution in [0.3, 0.4) is 0 Å². The van der Waals surface area contributed by atoms with Crippen LogP contribution in [0.2, 0.25) is 0 Å². The maximum Gasteiger partial charge on any atom is 0.416 e. The van der Waals surface area contributed by atoms with Crippen molar-refractivity contribution in [3.8, 4) is 22.6 Å². The first-order valence-electron chi connectivity index (χ1n) is 6.36. The highest BCUT2D eigenvalue weighted by Crippen LogP contribution is 2.43. The van der Waals surface area contributed by atoms with Gasteiger partial charge in [-0.05, 0) is 35.4 Å². The molecular weight excluding hydrogens is 281 g/mol. The van der Waals surface area contributed by atoms with Crippen LogP contribution in [-0.4, -0.2) is 7.11 Å². The van der Waals surface area contributed by atoms with Gasteiger partial charge in [0, 0.05) is 12.0 Å². The van der Waals surface area contributed by atoms with E-state index >= 15 is 0 Å². The van der Waals surface area contributed by atoms with Crippen molar-refractivity contribution in [3.63, 3.8) is 0 Å². The summed E-state index contributed by atoms with van der Waals surface area (Å²) < 4.78 is 49.4. The lowest BCUT2D eigenvalue weighted by Gasteiger charge is -2.13. The minimum Gasteiger partial charge on any atom is -0.497 e. The third kappa shape index (κ3) is 2.55. The molecule has 3 rings (SSSR count). The van der Waals surface area contributed by atoms with Crippen LogP contribution < -0.4 is 9.47 Å². The van der Waals surface area contributed by atoms with Crippen molar-refractivity contribution in [2.45, 2.75) is 12.6 Å². The predicted octanol–water partition coefficient (Wildman–Crippen LogP) is 4.48. The molecule has 0 atom stereocenters. The summed E-state index contributed by atoms with van der Waals surface area (Å²) in [7, 11) is 1.54. The van der Waals surface area contributed by atoms with E-state index in [0.29, 0.717) is 34.6 Å². The molecule has 0 bridgehead atoms. The number of hydrogen-bond acceptors (Lipinski definition) is 2.